The van der Waals surface area contributed by atoms with Gasteiger partial charge in [-0.2, -0.15) is 0 Å². The zero-order valence-corrected chi connectivity index (χ0v) is 11.5. The summed E-state index contributed by atoms with van der Waals surface area (Å²) in [5.74, 6) is 0.751. The third-order valence-corrected chi connectivity index (χ3v) is 3.96. The van der Waals surface area contributed by atoms with Crippen molar-refractivity contribution < 1.29 is 5.11 Å². The van der Waals surface area contributed by atoms with Crippen molar-refractivity contribution in [2.24, 2.45) is 0 Å². The first-order valence-corrected chi connectivity index (χ1v) is 7.23. The predicted octanol–water partition coefficient (Wildman–Crippen LogP) is 2.62. The summed E-state index contributed by atoms with van der Waals surface area (Å²) in [6, 6.07) is 7.68. The number of anilines is 1. The molecule has 0 saturated heterocycles. The quantitative estimate of drug-likeness (QED) is 0.754. The van der Waals surface area contributed by atoms with E-state index in [1.807, 2.05) is 29.6 Å². The van der Waals surface area contributed by atoms with Gasteiger partial charge in [-0.15, -0.1) is 11.3 Å². The zero-order chi connectivity index (χ0) is 13.8. The molecule has 0 aromatic carbocycles. The first-order chi connectivity index (χ1) is 9.84. The molecule has 102 valence electrons. The molecule has 0 saturated carbocycles. The van der Waals surface area contributed by atoms with Crippen molar-refractivity contribution in [3.05, 3.63) is 47.0 Å². The van der Waals surface area contributed by atoms with E-state index < -0.39 is 6.10 Å². The van der Waals surface area contributed by atoms with Crippen LogP contribution in [-0.2, 0) is 0 Å². The molecule has 0 aliphatic heterocycles. The van der Waals surface area contributed by atoms with Crippen LogP contribution in [0.3, 0.4) is 0 Å². The predicted molar refractivity (Wildman–Crippen MR) is 79.7 cm³/mol. The van der Waals surface area contributed by atoms with E-state index >= 15 is 0 Å². The fourth-order valence-electron chi connectivity index (χ4n) is 1.99. The first-order valence-electron chi connectivity index (χ1n) is 6.35. The van der Waals surface area contributed by atoms with Crippen molar-refractivity contribution in [3.63, 3.8) is 0 Å². The molecule has 0 fully saturated rings. The van der Waals surface area contributed by atoms with Gasteiger partial charge in [0.05, 0.1) is 11.5 Å². The molecule has 3 aromatic rings. The number of aliphatic hydroxyl groups is 1. The Hall–Kier alpha value is -2.05. The number of aromatic nitrogens is 3. The SMILES string of the molecule is OC(CCNc1ncnc2ncccc12)c1cccs1. The van der Waals surface area contributed by atoms with Gasteiger partial charge in [-0.1, -0.05) is 6.07 Å². The molecule has 0 aliphatic rings. The molecule has 3 aromatic heterocycles. The highest BCUT2D eigenvalue weighted by Crippen LogP contribution is 2.22. The Labute approximate surface area is 120 Å². The van der Waals surface area contributed by atoms with Gasteiger partial charge < -0.3 is 10.4 Å². The number of rotatable bonds is 5. The molecule has 0 amide bonds. The van der Waals surface area contributed by atoms with Crippen molar-refractivity contribution >= 4 is 28.2 Å². The lowest BCUT2D eigenvalue weighted by molar-refractivity contribution is 0.175. The number of fused-ring (bicyclic) bond motifs is 1. The lowest BCUT2D eigenvalue weighted by Gasteiger charge is -2.10. The monoisotopic (exact) mass is 286 g/mol. The third-order valence-electron chi connectivity index (χ3n) is 2.99. The summed E-state index contributed by atoms with van der Waals surface area (Å²) in [5, 5.41) is 16.1. The van der Waals surface area contributed by atoms with Gasteiger partial charge in [0, 0.05) is 17.6 Å². The van der Waals surface area contributed by atoms with Crippen molar-refractivity contribution in [2.75, 3.05) is 11.9 Å². The van der Waals surface area contributed by atoms with Gasteiger partial charge in [-0.05, 0) is 30.0 Å². The van der Waals surface area contributed by atoms with E-state index in [1.165, 1.54) is 6.33 Å². The number of nitrogens with one attached hydrogen (secondary N) is 1. The second kappa shape index (κ2) is 5.94. The summed E-state index contributed by atoms with van der Waals surface area (Å²) in [7, 11) is 0. The maximum absolute atomic E-state index is 10.0. The minimum atomic E-state index is -0.436. The van der Waals surface area contributed by atoms with Crippen molar-refractivity contribution in [2.45, 2.75) is 12.5 Å². The fraction of sp³-hybridized carbons (Fsp3) is 0.214. The lowest BCUT2D eigenvalue weighted by atomic mass is 10.2. The first kappa shape index (κ1) is 13.0. The Bertz CT molecular complexity index is 681. The van der Waals surface area contributed by atoms with E-state index in [0.717, 1.165) is 16.1 Å². The summed E-state index contributed by atoms with van der Waals surface area (Å²) in [5.41, 5.74) is 0.670. The Morgan fingerprint density at radius 1 is 1.20 bits per heavy atom. The molecule has 0 radical (unpaired) electrons. The van der Waals surface area contributed by atoms with E-state index in [-0.39, 0.29) is 0 Å². The van der Waals surface area contributed by atoms with Crippen LogP contribution in [-0.4, -0.2) is 26.6 Å². The normalized spacial score (nSPS) is 12.4. The summed E-state index contributed by atoms with van der Waals surface area (Å²) in [4.78, 5) is 13.5. The highest BCUT2D eigenvalue weighted by Gasteiger charge is 2.09. The highest BCUT2D eigenvalue weighted by molar-refractivity contribution is 7.10. The molecule has 1 unspecified atom stereocenters. The van der Waals surface area contributed by atoms with Gasteiger partial charge in [0.1, 0.15) is 12.1 Å². The van der Waals surface area contributed by atoms with Gasteiger partial charge in [-0.25, -0.2) is 15.0 Å². The Kier molecular flexibility index (Phi) is 3.85. The Morgan fingerprint density at radius 3 is 3.00 bits per heavy atom. The van der Waals surface area contributed by atoms with Crippen molar-refractivity contribution in [1.82, 2.24) is 15.0 Å². The lowest BCUT2D eigenvalue weighted by Crippen LogP contribution is -2.08. The van der Waals surface area contributed by atoms with Crippen LogP contribution in [0.15, 0.2) is 42.2 Å². The van der Waals surface area contributed by atoms with E-state index in [1.54, 1.807) is 17.5 Å². The van der Waals surface area contributed by atoms with Gasteiger partial charge >= 0.3 is 0 Å². The van der Waals surface area contributed by atoms with Gasteiger partial charge in [0.2, 0.25) is 0 Å². The molecule has 6 heteroatoms. The number of hydrogen-bond donors (Lipinski definition) is 2. The van der Waals surface area contributed by atoms with E-state index in [9.17, 15) is 5.11 Å². The molecular weight excluding hydrogens is 272 g/mol. The summed E-state index contributed by atoms with van der Waals surface area (Å²) in [6.07, 6.45) is 3.40. The van der Waals surface area contributed by atoms with Gasteiger partial charge in [-0.3, -0.25) is 0 Å². The summed E-state index contributed by atoms with van der Waals surface area (Å²) >= 11 is 1.57. The number of hydrogen-bond acceptors (Lipinski definition) is 6. The Morgan fingerprint density at radius 2 is 2.15 bits per heavy atom. The standard InChI is InChI=1S/C14H14N4OS/c19-11(12-4-2-8-20-12)5-7-16-14-10-3-1-6-15-13(10)17-9-18-14/h1-4,6,8-9,11,19H,5,7H2,(H,15,16,17,18). The van der Waals surface area contributed by atoms with Crippen LogP contribution in [0.1, 0.15) is 17.4 Å². The van der Waals surface area contributed by atoms with Crippen LogP contribution in [0.5, 0.6) is 0 Å². The third kappa shape index (κ3) is 2.76. The van der Waals surface area contributed by atoms with E-state index in [4.69, 9.17) is 0 Å². The van der Waals surface area contributed by atoms with Crippen LogP contribution < -0.4 is 5.32 Å². The van der Waals surface area contributed by atoms with Crippen LogP contribution in [0.25, 0.3) is 11.0 Å². The molecular formula is C14H14N4OS. The molecule has 3 heterocycles. The molecule has 0 aliphatic carbocycles. The van der Waals surface area contributed by atoms with E-state index in [2.05, 4.69) is 20.3 Å². The molecule has 5 nitrogen and oxygen atoms in total. The molecule has 0 spiro atoms. The highest BCUT2D eigenvalue weighted by atomic mass is 32.1. The van der Waals surface area contributed by atoms with Gasteiger partial charge in [0.25, 0.3) is 0 Å². The van der Waals surface area contributed by atoms with Crippen LogP contribution in [0.4, 0.5) is 5.82 Å². The molecule has 2 N–H and O–H groups in total. The molecule has 1 atom stereocenters. The largest absolute Gasteiger partial charge is 0.388 e. The van der Waals surface area contributed by atoms with Crippen LogP contribution in [0, 0.1) is 0 Å². The molecule has 0 bridgehead atoms. The summed E-state index contributed by atoms with van der Waals surface area (Å²) in [6.45, 7) is 0.639. The smallest absolute Gasteiger partial charge is 0.164 e. The number of aliphatic hydroxyl groups excluding tert-OH is 1. The zero-order valence-electron chi connectivity index (χ0n) is 10.7. The Balaban J connectivity index is 1.66. The number of pyridine rings is 1. The minimum Gasteiger partial charge on any atom is -0.388 e. The van der Waals surface area contributed by atoms with Crippen LogP contribution >= 0.6 is 11.3 Å². The molecule has 20 heavy (non-hydrogen) atoms. The number of thiophene rings is 1. The number of nitrogens with zero attached hydrogens (tertiary/aromatic N) is 3. The second-order valence-corrected chi connectivity index (χ2v) is 5.32. The fourth-order valence-corrected chi connectivity index (χ4v) is 2.73. The average molecular weight is 286 g/mol. The maximum Gasteiger partial charge on any atom is 0.164 e. The summed E-state index contributed by atoms with van der Waals surface area (Å²) < 4.78 is 0. The molecule has 3 rings (SSSR count). The average Bonchev–Trinajstić information content (AvgIpc) is 3.02. The van der Waals surface area contributed by atoms with Crippen molar-refractivity contribution in [1.29, 1.82) is 0 Å². The van der Waals surface area contributed by atoms with Crippen molar-refractivity contribution in [3.8, 4) is 0 Å². The minimum absolute atomic E-state index is 0.436. The van der Waals surface area contributed by atoms with Crippen LogP contribution in [0.2, 0.25) is 0 Å². The maximum atomic E-state index is 10.0. The van der Waals surface area contributed by atoms with Gasteiger partial charge in [0.15, 0.2) is 5.65 Å². The van der Waals surface area contributed by atoms with E-state index in [0.29, 0.717) is 18.6 Å². The second-order valence-electron chi connectivity index (χ2n) is 4.34. The topological polar surface area (TPSA) is 70.9 Å².